The van der Waals surface area contributed by atoms with Crippen LogP contribution < -0.4 is 11.3 Å². The normalized spacial score (nSPS) is 10.8. The van der Waals surface area contributed by atoms with Crippen molar-refractivity contribution in [1.82, 2.24) is 5.43 Å². The Labute approximate surface area is 73.4 Å². The number of ether oxygens (including phenoxy) is 1. The largest absolute Gasteiger partial charge is 0.477 e. The molecule has 13 heavy (non-hydrogen) atoms. The maximum absolute atomic E-state index is 10.8. The van der Waals surface area contributed by atoms with Crippen molar-refractivity contribution in [2.75, 3.05) is 7.11 Å². The summed E-state index contributed by atoms with van der Waals surface area (Å²) < 4.78 is 4.18. The Hall–Kier alpha value is -2.07. The molecule has 70 valence electrons. The third-order valence-electron chi connectivity index (χ3n) is 1.11. The van der Waals surface area contributed by atoms with Crippen molar-refractivity contribution < 1.29 is 19.4 Å². The standard InChI is InChI=1S/C6H7N3O4/c1-13-6(12)4(9-8)3(2-7)5(10)11/h9H,8H2,1H3,(H,10,11)/b4-3+. The number of rotatable bonds is 3. The van der Waals surface area contributed by atoms with Gasteiger partial charge in [-0.05, 0) is 0 Å². The summed E-state index contributed by atoms with van der Waals surface area (Å²) in [5.74, 6) is 2.27. The minimum absolute atomic E-state index is 0.586. The van der Waals surface area contributed by atoms with E-state index >= 15 is 0 Å². The molecule has 0 fully saturated rings. The number of carboxylic acids is 1. The van der Waals surface area contributed by atoms with Gasteiger partial charge in [0.25, 0.3) is 0 Å². The highest BCUT2D eigenvalue weighted by Crippen LogP contribution is 2.01. The minimum atomic E-state index is -1.55. The molecular formula is C6H7N3O4. The summed E-state index contributed by atoms with van der Waals surface area (Å²) in [6.07, 6.45) is 0. The number of methoxy groups -OCH3 is 1. The molecule has 4 N–H and O–H groups in total. The molecule has 0 saturated carbocycles. The molecule has 0 heterocycles. The number of hydrazine groups is 1. The lowest BCUT2D eigenvalue weighted by atomic mass is 10.2. The maximum atomic E-state index is 10.8. The second-order valence-electron chi connectivity index (χ2n) is 1.80. The number of esters is 1. The molecular weight excluding hydrogens is 178 g/mol. The summed E-state index contributed by atoms with van der Waals surface area (Å²) in [6, 6.07) is 1.30. The van der Waals surface area contributed by atoms with Crippen molar-refractivity contribution in [2.45, 2.75) is 0 Å². The van der Waals surface area contributed by atoms with Crippen LogP contribution in [-0.4, -0.2) is 24.2 Å². The predicted molar refractivity (Wildman–Crippen MR) is 39.6 cm³/mol. The highest BCUT2D eigenvalue weighted by atomic mass is 16.5. The molecule has 0 saturated heterocycles. The summed E-state index contributed by atoms with van der Waals surface area (Å²) in [5, 5.41) is 16.8. The van der Waals surface area contributed by atoms with E-state index < -0.39 is 23.2 Å². The van der Waals surface area contributed by atoms with Gasteiger partial charge >= 0.3 is 11.9 Å². The first-order chi connectivity index (χ1) is 6.08. The molecule has 0 aromatic heterocycles. The van der Waals surface area contributed by atoms with Gasteiger partial charge in [-0.25, -0.2) is 9.59 Å². The first-order valence-corrected chi connectivity index (χ1v) is 3.01. The van der Waals surface area contributed by atoms with E-state index in [1.165, 1.54) is 6.07 Å². The van der Waals surface area contributed by atoms with E-state index in [-0.39, 0.29) is 0 Å². The average molecular weight is 185 g/mol. The van der Waals surface area contributed by atoms with Crippen LogP contribution in [0.25, 0.3) is 0 Å². The number of carbonyl (C=O) groups excluding carboxylic acids is 1. The summed E-state index contributed by atoms with van der Waals surface area (Å²) in [5.41, 5.74) is 0.404. The van der Waals surface area contributed by atoms with Crippen molar-refractivity contribution in [3.05, 3.63) is 11.3 Å². The maximum Gasteiger partial charge on any atom is 0.357 e. The molecule has 0 spiro atoms. The van der Waals surface area contributed by atoms with E-state index in [0.717, 1.165) is 7.11 Å². The van der Waals surface area contributed by atoms with Gasteiger partial charge in [0.2, 0.25) is 0 Å². The SMILES string of the molecule is COC(=O)/C(NN)=C(/C#N)C(=O)O. The molecule has 0 unspecified atom stereocenters. The molecule has 0 atom stereocenters. The van der Waals surface area contributed by atoms with Crippen LogP contribution in [0.4, 0.5) is 0 Å². The number of hydrogen-bond donors (Lipinski definition) is 3. The number of carbonyl (C=O) groups is 2. The number of hydrogen-bond acceptors (Lipinski definition) is 6. The summed E-state index contributed by atoms with van der Waals surface area (Å²) >= 11 is 0. The molecule has 0 aromatic carbocycles. The first-order valence-electron chi connectivity index (χ1n) is 3.01. The molecule has 0 aliphatic rings. The highest BCUT2D eigenvalue weighted by Gasteiger charge is 2.20. The minimum Gasteiger partial charge on any atom is -0.477 e. The predicted octanol–water partition coefficient (Wildman–Crippen LogP) is -1.52. The third kappa shape index (κ3) is 2.46. The Morgan fingerprint density at radius 1 is 1.62 bits per heavy atom. The van der Waals surface area contributed by atoms with Gasteiger partial charge in [-0.15, -0.1) is 0 Å². The Kier molecular flexibility index (Phi) is 3.98. The monoisotopic (exact) mass is 185 g/mol. The van der Waals surface area contributed by atoms with Crippen molar-refractivity contribution in [3.8, 4) is 6.07 Å². The van der Waals surface area contributed by atoms with E-state index in [9.17, 15) is 9.59 Å². The third-order valence-corrected chi connectivity index (χ3v) is 1.11. The zero-order valence-electron chi connectivity index (χ0n) is 6.70. The Morgan fingerprint density at radius 3 is 2.38 bits per heavy atom. The topological polar surface area (TPSA) is 125 Å². The molecule has 0 amide bonds. The number of carboxylic acid groups (broad SMARTS) is 1. The van der Waals surface area contributed by atoms with E-state index in [2.05, 4.69) is 4.74 Å². The van der Waals surface area contributed by atoms with Gasteiger partial charge in [0.05, 0.1) is 7.11 Å². The second-order valence-corrected chi connectivity index (χ2v) is 1.80. The van der Waals surface area contributed by atoms with Crippen LogP contribution in [0, 0.1) is 11.3 Å². The van der Waals surface area contributed by atoms with E-state index in [4.69, 9.17) is 16.2 Å². The van der Waals surface area contributed by atoms with E-state index in [1.54, 1.807) is 5.43 Å². The van der Waals surface area contributed by atoms with Crippen LogP contribution in [0.1, 0.15) is 0 Å². The molecule has 0 aliphatic carbocycles. The van der Waals surface area contributed by atoms with Gasteiger partial charge in [0.1, 0.15) is 6.07 Å². The number of aliphatic carboxylic acids is 1. The summed E-state index contributed by atoms with van der Waals surface area (Å²) in [7, 11) is 1.04. The van der Waals surface area contributed by atoms with Gasteiger partial charge in [-0.2, -0.15) is 5.26 Å². The van der Waals surface area contributed by atoms with Crippen LogP contribution in [0.3, 0.4) is 0 Å². The zero-order chi connectivity index (χ0) is 10.4. The van der Waals surface area contributed by atoms with Crippen LogP contribution >= 0.6 is 0 Å². The molecule has 0 bridgehead atoms. The highest BCUT2D eigenvalue weighted by molar-refractivity contribution is 6.01. The fourth-order valence-electron chi connectivity index (χ4n) is 0.546. The summed E-state index contributed by atoms with van der Waals surface area (Å²) in [4.78, 5) is 21.2. The van der Waals surface area contributed by atoms with Crippen LogP contribution in [0.15, 0.2) is 11.3 Å². The van der Waals surface area contributed by atoms with E-state index in [0.29, 0.717) is 0 Å². The first kappa shape index (κ1) is 10.9. The number of nitrogens with zero attached hydrogens (tertiary/aromatic N) is 1. The molecule has 0 aliphatic heterocycles. The molecule has 7 heteroatoms. The Balaban J connectivity index is 5.21. The molecule has 7 nitrogen and oxygen atoms in total. The number of nitrogens with one attached hydrogen (secondary N) is 1. The average Bonchev–Trinajstić information content (AvgIpc) is 2.12. The number of nitriles is 1. The van der Waals surface area contributed by atoms with Crippen molar-refractivity contribution in [1.29, 1.82) is 5.26 Å². The van der Waals surface area contributed by atoms with Gasteiger partial charge < -0.3 is 15.3 Å². The zero-order valence-corrected chi connectivity index (χ0v) is 6.70. The van der Waals surface area contributed by atoms with Crippen molar-refractivity contribution in [3.63, 3.8) is 0 Å². The fourth-order valence-corrected chi connectivity index (χ4v) is 0.546. The van der Waals surface area contributed by atoms with Gasteiger partial charge in [0, 0.05) is 0 Å². The second kappa shape index (κ2) is 4.74. The van der Waals surface area contributed by atoms with Gasteiger partial charge in [0.15, 0.2) is 11.3 Å². The van der Waals surface area contributed by atoms with Crippen LogP contribution in [0.5, 0.6) is 0 Å². The van der Waals surface area contributed by atoms with Crippen molar-refractivity contribution in [2.24, 2.45) is 5.84 Å². The lowest BCUT2D eigenvalue weighted by Crippen LogP contribution is -2.30. The van der Waals surface area contributed by atoms with Crippen LogP contribution in [0.2, 0.25) is 0 Å². The Morgan fingerprint density at radius 2 is 2.15 bits per heavy atom. The quantitative estimate of drug-likeness (QED) is 0.160. The van der Waals surface area contributed by atoms with E-state index in [1.807, 2.05) is 0 Å². The van der Waals surface area contributed by atoms with Gasteiger partial charge in [-0.3, -0.25) is 5.84 Å². The lowest BCUT2D eigenvalue weighted by Gasteiger charge is -2.03. The molecule has 0 rings (SSSR count). The van der Waals surface area contributed by atoms with Gasteiger partial charge in [-0.1, -0.05) is 0 Å². The molecule has 0 aromatic rings. The number of nitrogens with two attached hydrogens (primary N) is 1. The summed E-state index contributed by atoms with van der Waals surface area (Å²) in [6.45, 7) is 0. The van der Waals surface area contributed by atoms with Crippen LogP contribution in [-0.2, 0) is 14.3 Å². The van der Waals surface area contributed by atoms with Crippen molar-refractivity contribution >= 4 is 11.9 Å². The molecule has 0 radical (unpaired) electrons. The smallest absolute Gasteiger partial charge is 0.357 e. The lowest BCUT2D eigenvalue weighted by molar-refractivity contribution is -0.138. The Bertz CT molecular complexity index is 301. The fraction of sp³-hybridized carbons (Fsp3) is 0.167.